The van der Waals surface area contributed by atoms with Crippen LogP contribution in [0.1, 0.15) is 47.7 Å². The Hall–Kier alpha value is -8.04. The van der Waals surface area contributed by atoms with Crippen LogP contribution in [0.25, 0.3) is 82.9 Å². The topological polar surface area (TPSA) is 18.0 Å². The zero-order chi connectivity index (χ0) is 46.0. The minimum absolute atomic E-state index is 0.417. The fourth-order valence-electron chi connectivity index (χ4n) is 11.0. The minimum atomic E-state index is 0.417. The number of anilines is 1. The molecular weight excluding hydrogens is 845 g/mol. The number of fused-ring (bicyclic) bond motifs is 10. The highest BCUT2D eigenvalue weighted by Crippen LogP contribution is 2.44. The van der Waals surface area contributed by atoms with Gasteiger partial charge in [0.1, 0.15) is 0 Å². The fraction of sp³-hybridized carbons (Fsp3) is 0.111. The van der Waals surface area contributed by atoms with Gasteiger partial charge < -0.3 is 18.6 Å². The van der Waals surface area contributed by atoms with Crippen LogP contribution < -0.4 is 4.90 Å². The molecule has 0 spiro atoms. The van der Waals surface area contributed by atoms with Crippen molar-refractivity contribution in [3.63, 3.8) is 0 Å². The van der Waals surface area contributed by atoms with E-state index in [0.717, 1.165) is 59.5 Å². The molecule has 3 aliphatic carbocycles. The van der Waals surface area contributed by atoms with Gasteiger partial charge in [0.2, 0.25) is 0 Å². The summed E-state index contributed by atoms with van der Waals surface area (Å²) in [5.41, 5.74) is 17.3. The van der Waals surface area contributed by atoms with Gasteiger partial charge in [-0.2, -0.15) is 0 Å². The van der Waals surface area contributed by atoms with Crippen molar-refractivity contribution >= 4 is 88.6 Å². The van der Waals surface area contributed by atoms with Crippen molar-refractivity contribution < 1.29 is 0 Å². The lowest BCUT2D eigenvalue weighted by Crippen LogP contribution is -2.21. The van der Waals surface area contributed by atoms with Gasteiger partial charge in [-0.3, -0.25) is 0 Å². The molecule has 4 heterocycles. The van der Waals surface area contributed by atoms with Crippen molar-refractivity contribution in [3.8, 4) is 23.7 Å². The van der Waals surface area contributed by atoms with Gasteiger partial charge in [0.05, 0.1) is 39.1 Å². The van der Waals surface area contributed by atoms with E-state index in [2.05, 4.69) is 221 Å². The molecule has 0 saturated heterocycles. The molecule has 0 amide bonds. The minimum Gasteiger partial charge on any atom is -0.312 e. The van der Waals surface area contributed by atoms with Crippen LogP contribution in [0.3, 0.4) is 0 Å². The highest BCUT2D eigenvalue weighted by molar-refractivity contribution is 7.20. The Morgan fingerprint density at radius 1 is 0.765 bits per heavy atom. The molecule has 3 aliphatic rings. The molecule has 1 atom stereocenters. The number of benzene rings is 5. The number of nitrogens with zero attached hydrogens (tertiary/aromatic N) is 4. The molecule has 0 fully saturated rings. The fourth-order valence-corrected chi connectivity index (χ4v) is 12.1. The van der Waals surface area contributed by atoms with Crippen molar-refractivity contribution in [2.45, 2.75) is 39.5 Å². The van der Waals surface area contributed by atoms with E-state index in [1.54, 1.807) is 0 Å². The molecule has 328 valence electrons. The molecular formula is C63H50N4S. The Labute approximate surface area is 401 Å². The molecule has 5 heteroatoms. The first-order chi connectivity index (χ1) is 33.4. The van der Waals surface area contributed by atoms with E-state index in [1.807, 2.05) is 23.5 Å². The van der Waals surface area contributed by atoms with Gasteiger partial charge in [0, 0.05) is 59.6 Å². The lowest BCUT2D eigenvalue weighted by Gasteiger charge is -2.28. The molecule has 5 aromatic carbocycles. The van der Waals surface area contributed by atoms with Crippen molar-refractivity contribution in [2.24, 2.45) is 5.92 Å². The number of hydrogen-bond acceptors (Lipinski definition) is 2. The van der Waals surface area contributed by atoms with Crippen molar-refractivity contribution in [2.75, 3.05) is 4.90 Å². The van der Waals surface area contributed by atoms with Crippen molar-refractivity contribution in [3.05, 3.63) is 227 Å². The Morgan fingerprint density at radius 3 is 2.47 bits per heavy atom. The highest BCUT2D eigenvalue weighted by Gasteiger charge is 2.27. The number of rotatable bonds is 8. The van der Waals surface area contributed by atoms with Crippen LogP contribution in [0.5, 0.6) is 0 Å². The predicted octanol–water partition coefficient (Wildman–Crippen LogP) is 16.2. The quantitative estimate of drug-likeness (QED) is 0.0844. The largest absolute Gasteiger partial charge is 0.312 e. The molecule has 4 aromatic heterocycles. The molecule has 0 bridgehead atoms. The molecule has 0 saturated carbocycles. The summed E-state index contributed by atoms with van der Waals surface area (Å²) < 4.78 is 8.75. The number of aromatic nitrogens is 3. The number of hydrogen-bond donors (Lipinski definition) is 0. The monoisotopic (exact) mass is 894 g/mol. The number of thiophene rings is 1. The van der Waals surface area contributed by atoms with E-state index >= 15 is 0 Å². The first kappa shape index (κ1) is 41.4. The van der Waals surface area contributed by atoms with Gasteiger partial charge in [-0.15, -0.1) is 17.8 Å². The molecule has 0 aliphatic heterocycles. The maximum absolute atomic E-state index is 6.20. The molecule has 4 nitrogen and oxygen atoms in total. The number of terminal acetylenes is 1. The lowest BCUT2D eigenvalue weighted by atomic mass is 10.0. The van der Waals surface area contributed by atoms with E-state index in [9.17, 15) is 0 Å². The molecule has 0 unspecified atom stereocenters. The summed E-state index contributed by atoms with van der Waals surface area (Å²) in [6, 6.07) is 40.2. The maximum Gasteiger partial charge on any atom is 0.0894 e. The van der Waals surface area contributed by atoms with Crippen LogP contribution in [0.4, 0.5) is 5.69 Å². The van der Waals surface area contributed by atoms with Crippen LogP contribution >= 0.6 is 11.3 Å². The van der Waals surface area contributed by atoms with Gasteiger partial charge in [0.15, 0.2) is 0 Å². The second kappa shape index (κ2) is 16.7. The second-order valence-electron chi connectivity index (χ2n) is 18.2. The SMILES string of the molecule is C#CC(=C)N(C1=C(C)CC=CC=C1)c1cccc2c3ccccc3n(-c3ccc4sc5c(c4c3)CC=C(n3c4c(c6cccc(-n7c(/C=C\C=C)cc8ccccc87)c63)CC=C[C@H](C)C4)C=C5)c12. The van der Waals surface area contributed by atoms with Crippen LogP contribution in [-0.2, 0) is 19.3 Å². The molecule has 68 heavy (non-hydrogen) atoms. The third-order valence-corrected chi connectivity index (χ3v) is 15.2. The highest BCUT2D eigenvalue weighted by atomic mass is 32.1. The summed E-state index contributed by atoms with van der Waals surface area (Å²) in [5, 5.41) is 6.16. The Bertz CT molecular complexity index is 3880. The summed E-state index contributed by atoms with van der Waals surface area (Å²) in [4.78, 5) is 3.47. The summed E-state index contributed by atoms with van der Waals surface area (Å²) in [6.07, 6.45) is 36.3. The zero-order valence-electron chi connectivity index (χ0n) is 38.4. The van der Waals surface area contributed by atoms with Gasteiger partial charge in [-0.05, 0) is 133 Å². The van der Waals surface area contributed by atoms with Gasteiger partial charge >= 0.3 is 0 Å². The van der Waals surface area contributed by atoms with Crippen LogP contribution in [-0.4, -0.2) is 13.7 Å². The molecule has 12 rings (SSSR count). The Morgan fingerprint density at radius 2 is 1.59 bits per heavy atom. The van der Waals surface area contributed by atoms with Crippen molar-refractivity contribution in [1.29, 1.82) is 0 Å². The zero-order valence-corrected chi connectivity index (χ0v) is 39.2. The summed E-state index contributed by atoms with van der Waals surface area (Å²) >= 11 is 1.88. The second-order valence-corrected chi connectivity index (χ2v) is 19.3. The van der Waals surface area contributed by atoms with Gasteiger partial charge in [-0.25, -0.2) is 0 Å². The van der Waals surface area contributed by atoms with E-state index < -0.39 is 0 Å². The maximum atomic E-state index is 6.20. The van der Waals surface area contributed by atoms with E-state index in [0.29, 0.717) is 11.6 Å². The molecule has 0 radical (unpaired) electrons. The lowest BCUT2D eigenvalue weighted by molar-refractivity contribution is 0.702. The first-order valence-corrected chi connectivity index (χ1v) is 24.4. The standard InChI is InChI=1S/C63H50N4S/c1-6-8-22-46-39-44-21-12-14-28-55(44)65(46)58-31-18-26-52-49-24-16-19-41(3)38-59(49)66(63(52)58)45-32-35-50-53-40-47(34-37-61(53)68-60(50)36-33-45)67-56-29-15-13-23-48(56)51-25-17-30-57(62(51)67)64(43(5)7-2)54-27-11-9-10-20-42(54)4/h2,6,8-19,21-23,25-34,36-37,39-41H,1,5,20,24,35,38H2,3-4H3/b22-8-/t41-/m0/s1. The Balaban J connectivity index is 1.04. The Kier molecular flexibility index (Phi) is 10.2. The summed E-state index contributed by atoms with van der Waals surface area (Å²) in [5.74, 6) is 3.32. The summed E-state index contributed by atoms with van der Waals surface area (Å²) in [7, 11) is 0. The van der Waals surface area contributed by atoms with E-state index in [-0.39, 0.29) is 0 Å². The van der Waals surface area contributed by atoms with Crippen LogP contribution in [0, 0.1) is 18.3 Å². The van der Waals surface area contributed by atoms with Crippen LogP contribution in [0.15, 0.2) is 200 Å². The average Bonchev–Trinajstić information content (AvgIpc) is 3.95. The van der Waals surface area contributed by atoms with Crippen molar-refractivity contribution in [1.82, 2.24) is 13.7 Å². The number of para-hydroxylation sites is 4. The van der Waals surface area contributed by atoms with Crippen LogP contribution in [0.2, 0.25) is 0 Å². The smallest absolute Gasteiger partial charge is 0.0894 e. The first-order valence-electron chi connectivity index (χ1n) is 23.6. The number of allylic oxidation sites excluding steroid dienone is 13. The third-order valence-electron chi connectivity index (χ3n) is 14.1. The normalized spacial score (nSPS) is 15.8. The van der Waals surface area contributed by atoms with Gasteiger partial charge in [0.25, 0.3) is 0 Å². The molecule has 0 N–H and O–H groups in total. The predicted molar refractivity (Wildman–Crippen MR) is 293 cm³/mol. The van der Waals surface area contributed by atoms with E-state index in [1.165, 1.54) is 81.3 Å². The van der Waals surface area contributed by atoms with Gasteiger partial charge in [-0.1, -0.05) is 135 Å². The van der Waals surface area contributed by atoms with E-state index in [4.69, 9.17) is 6.42 Å². The summed E-state index contributed by atoms with van der Waals surface area (Å²) in [6.45, 7) is 13.0. The molecule has 9 aromatic rings. The average molecular weight is 895 g/mol. The third kappa shape index (κ3) is 6.59.